The molecule has 27 heavy (non-hydrogen) atoms. The molecule has 0 spiro atoms. The van der Waals surface area contributed by atoms with E-state index in [9.17, 15) is 18.3 Å². The van der Waals surface area contributed by atoms with E-state index in [1.165, 1.54) is 24.4 Å². The van der Waals surface area contributed by atoms with Crippen LogP contribution in [0.4, 0.5) is 13.2 Å². The number of phenols is 1. The number of aromatic hydroxyl groups is 1. The summed E-state index contributed by atoms with van der Waals surface area (Å²) in [5.74, 6) is 0.0631. The molecule has 3 heterocycles. The Balaban J connectivity index is 1.76. The van der Waals surface area contributed by atoms with E-state index < -0.39 is 11.7 Å². The standard InChI is InChI=1S/C16H7Cl2F3N4O2/c17-9-3-7(1-2-12(9)26)13-23-15(27-24-13)11-6-25-5-8(16(19,20)21)4-10(18)14(25)22-11/h1-6,26H. The van der Waals surface area contributed by atoms with Crippen molar-refractivity contribution in [1.29, 1.82) is 0 Å². The molecule has 3 aromatic heterocycles. The Kier molecular flexibility index (Phi) is 4.01. The van der Waals surface area contributed by atoms with Crippen LogP contribution in [0.3, 0.4) is 0 Å². The highest BCUT2D eigenvalue weighted by molar-refractivity contribution is 6.33. The molecule has 0 amide bonds. The van der Waals surface area contributed by atoms with Gasteiger partial charge in [0.2, 0.25) is 5.82 Å². The maximum atomic E-state index is 12.9. The number of rotatable bonds is 2. The summed E-state index contributed by atoms with van der Waals surface area (Å²) in [5.41, 5.74) is -0.158. The van der Waals surface area contributed by atoms with Gasteiger partial charge in [0.15, 0.2) is 5.65 Å². The lowest BCUT2D eigenvalue weighted by Crippen LogP contribution is -2.06. The number of hydrogen-bond acceptors (Lipinski definition) is 5. The van der Waals surface area contributed by atoms with Crippen molar-refractivity contribution in [3.63, 3.8) is 0 Å². The number of alkyl halides is 3. The highest BCUT2D eigenvalue weighted by Crippen LogP contribution is 2.33. The van der Waals surface area contributed by atoms with Gasteiger partial charge in [0.25, 0.3) is 5.89 Å². The Morgan fingerprint density at radius 1 is 1.04 bits per heavy atom. The molecule has 4 rings (SSSR count). The molecule has 0 bridgehead atoms. The van der Waals surface area contributed by atoms with E-state index in [4.69, 9.17) is 27.7 Å². The van der Waals surface area contributed by atoms with Crippen LogP contribution < -0.4 is 0 Å². The third-order valence-electron chi connectivity index (χ3n) is 3.68. The summed E-state index contributed by atoms with van der Waals surface area (Å²) < 4.78 is 45.0. The minimum absolute atomic E-state index is 0.0116. The third kappa shape index (κ3) is 3.19. The number of halogens is 5. The lowest BCUT2D eigenvalue weighted by molar-refractivity contribution is -0.137. The van der Waals surface area contributed by atoms with Gasteiger partial charge in [-0.3, -0.25) is 0 Å². The van der Waals surface area contributed by atoms with Crippen LogP contribution in [0.15, 0.2) is 41.2 Å². The van der Waals surface area contributed by atoms with Crippen molar-refractivity contribution in [2.24, 2.45) is 0 Å². The highest BCUT2D eigenvalue weighted by Gasteiger charge is 2.32. The van der Waals surface area contributed by atoms with E-state index in [2.05, 4.69) is 15.1 Å². The maximum absolute atomic E-state index is 12.9. The molecule has 1 aromatic carbocycles. The van der Waals surface area contributed by atoms with Crippen LogP contribution in [0, 0.1) is 0 Å². The van der Waals surface area contributed by atoms with Crippen molar-refractivity contribution >= 4 is 28.8 Å². The number of aromatic nitrogens is 4. The number of fused-ring (bicyclic) bond motifs is 1. The normalized spacial score (nSPS) is 12.0. The molecule has 0 aliphatic heterocycles. The molecule has 0 fully saturated rings. The number of imidazole rings is 1. The maximum Gasteiger partial charge on any atom is 0.417 e. The molecule has 1 N–H and O–H groups in total. The first-order valence-electron chi connectivity index (χ1n) is 7.31. The van der Waals surface area contributed by atoms with E-state index in [0.29, 0.717) is 5.56 Å². The number of benzene rings is 1. The molecular formula is C16H7Cl2F3N4O2. The van der Waals surface area contributed by atoms with Crippen LogP contribution in [-0.2, 0) is 6.18 Å². The van der Waals surface area contributed by atoms with Crippen LogP contribution in [-0.4, -0.2) is 24.6 Å². The van der Waals surface area contributed by atoms with Crippen LogP contribution in [0.25, 0.3) is 28.6 Å². The van der Waals surface area contributed by atoms with E-state index in [1.807, 2.05) is 0 Å². The zero-order chi connectivity index (χ0) is 19.3. The van der Waals surface area contributed by atoms with E-state index in [0.717, 1.165) is 16.7 Å². The molecule has 6 nitrogen and oxygen atoms in total. The second-order valence-electron chi connectivity index (χ2n) is 5.52. The van der Waals surface area contributed by atoms with Crippen LogP contribution in [0.5, 0.6) is 5.75 Å². The van der Waals surface area contributed by atoms with Gasteiger partial charge in [0.05, 0.1) is 15.6 Å². The SMILES string of the molecule is Oc1ccc(-c2noc(-c3cn4cc(C(F)(F)F)cc(Cl)c4n3)n2)cc1Cl. The molecular weight excluding hydrogens is 408 g/mol. The Bertz CT molecular complexity index is 1170. The largest absolute Gasteiger partial charge is 0.506 e. The Hall–Kier alpha value is -2.78. The molecule has 0 radical (unpaired) electrons. The number of nitrogens with zero attached hydrogens (tertiary/aromatic N) is 4. The van der Waals surface area contributed by atoms with Crippen molar-refractivity contribution < 1.29 is 22.8 Å². The van der Waals surface area contributed by atoms with Crippen molar-refractivity contribution in [3.05, 3.63) is 52.3 Å². The molecule has 11 heteroatoms. The average Bonchev–Trinajstić information content (AvgIpc) is 3.23. The third-order valence-corrected chi connectivity index (χ3v) is 4.27. The average molecular weight is 415 g/mol. The Labute approximate surface area is 158 Å². The predicted octanol–water partition coefficient (Wildman–Crippen LogP) is 5.08. The minimum Gasteiger partial charge on any atom is -0.506 e. The van der Waals surface area contributed by atoms with E-state index in [1.54, 1.807) is 0 Å². The fourth-order valence-electron chi connectivity index (χ4n) is 2.41. The van der Waals surface area contributed by atoms with Crippen LogP contribution in [0.1, 0.15) is 5.56 Å². The molecule has 0 saturated heterocycles. The number of pyridine rings is 1. The van der Waals surface area contributed by atoms with Crippen molar-refractivity contribution in [3.8, 4) is 28.7 Å². The zero-order valence-corrected chi connectivity index (χ0v) is 14.5. The fourth-order valence-corrected chi connectivity index (χ4v) is 2.84. The molecule has 0 aliphatic rings. The smallest absolute Gasteiger partial charge is 0.417 e. The first kappa shape index (κ1) is 17.6. The van der Waals surface area contributed by atoms with Gasteiger partial charge in [0, 0.05) is 18.0 Å². The van der Waals surface area contributed by atoms with Gasteiger partial charge in [-0.1, -0.05) is 28.4 Å². The van der Waals surface area contributed by atoms with Gasteiger partial charge in [0.1, 0.15) is 11.4 Å². The summed E-state index contributed by atoms with van der Waals surface area (Å²) in [6, 6.07) is 5.15. The van der Waals surface area contributed by atoms with Gasteiger partial charge in [-0.25, -0.2) is 4.98 Å². The molecule has 4 aromatic rings. The molecule has 0 saturated carbocycles. The van der Waals surface area contributed by atoms with E-state index >= 15 is 0 Å². The van der Waals surface area contributed by atoms with Crippen LogP contribution >= 0.6 is 23.2 Å². The van der Waals surface area contributed by atoms with Gasteiger partial charge >= 0.3 is 6.18 Å². The van der Waals surface area contributed by atoms with Gasteiger partial charge in [-0.2, -0.15) is 18.2 Å². The Morgan fingerprint density at radius 3 is 2.52 bits per heavy atom. The quantitative estimate of drug-likeness (QED) is 0.494. The highest BCUT2D eigenvalue weighted by atomic mass is 35.5. The summed E-state index contributed by atoms with van der Waals surface area (Å²) in [6.07, 6.45) is -2.37. The molecule has 0 atom stereocenters. The molecule has 138 valence electrons. The van der Waals surface area contributed by atoms with Crippen molar-refractivity contribution in [2.75, 3.05) is 0 Å². The van der Waals surface area contributed by atoms with Crippen molar-refractivity contribution in [1.82, 2.24) is 19.5 Å². The molecule has 0 unspecified atom stereocenters. The lowest BCUT2D eigenvalue weighted by atomic mass is 10.2. The first-order chi connectivity index (χ1) is 12.7. The second-order valence-corrected chi connectivity index (χ2v) is 6.34. The zero-order valence-electron chi connectivity index (χ0n) is 13.0. The second kappa shape index (κ2) is 6.14. The fraction of sp³-hybridized carbons (Fsp3) is 0.0625. The van der Waals surface area contributed by atoms with Crippen molar-refractivity contribution in [2.45, 2.75) is 6.18 Å². The van der Waals surface area contributed by atoms with Gasteiger partial charge in [-0.05, 0) is 24.3 Å². The summed E-state index contributed by atoms with van der Waals surface area (Å²) >= 11 is 11.8. The Morgan fingerprint density at radius 2 is 1.81 bits per heavy atom. The lowest BCUT2D eigenvalue weighted by Gasteiger charge is -2.07. The predicted molar refractivity (Wildman–Crippen MR) is 90.6 cm³/mol. The van der Waals surface area contributed by atoms with Crippen LogP contribution in [0.2, 0.25) is 10.0 Å². The van der Waals surface area contributed by atoms with E-state index in [-0.39, 0.29) is 38.9 Å². The summed E-state index contributed by atoms with van der Waals surface area (Å²) in [4.78, 5) is 8.30. The van der Waals surface area contributed by atoms with Gasteiger partial charge < -0.3 is 14.0 Å². The van der Waals surface area contributed by atoms with Gasteiger partial charge in [-0.15, -0.1) is 0 Å². The monoisotopic (exact) mass is 414 g/mol. The molecule has 0 aliphatic carbocycles. The summed E-state index contributed by atoms with van der Waals surface area (Å²) in [6.45, 7) is 0. The summed E-state index contributed by atoms with van der Waals surface area (Å²) in [5, 5.41) is 13.2. The summed E-state index contributed by atoms with van der Waals surface area (Å²) in [7, 11) is 0. The topological polar surface area (TPSA) is 76.5 Å². The number of phenolic OH excluding ortho intramolecular Hbond substituents is 1. The first-order valence-corrected chi connectivity index (χ1v) is 8.06. The number of hydrogen-bond donors (Lipinski definition) is 1. The minimum atomic E-state index is -4.54.